The molecule has 0 saturated heterocycles. The second-order valence-corrected chi connectivity index (χ2v) is 4.04. The first-order valence-corrected chi connectivity index (χ1v) is 6.35. The van der Waals surface area contributed by atoms with Gasteiger partial charge in [-0.15, -0.1) is 0 Å². The standard InChI is InChI=1S/C12H9BrF3NO2/c1-2-19-11(18)8-4-3-7(6-17)10(9(8)5-13)12(14,15)16/h3-4H,2,5H2,1H3. The monoisotopic (exact) mass is 335 g/mol. The van der Waals surface area contributed by atoms with Gasteiger partial charge in [0.05, 0.1) is 29.4 Å². The molecule has 0 fully saturated rings. The van der Waals surface area contributed by atoms with Crippen molar-refractivity contribution in [3.63, 3.8) is 0 Å². The third kappa shape index (κ3) is 3.26. The lowest BCUT2D eigenvalue weighted by Gasteiger charge is -2.16. The van der Waals surface area contributed by atoms with Crippen LogP contribution in [0.1, 0.15) is 34.0 Å². The Kier molecular flexibility index (Phi) is 4.95. The van der Waals surface area contributed by atoms with Crippen LogP contribution in [0.3, 0.4) is 0 Å². The molecule has 0 N–H and O–H groups in total. The largest absolute Gasteiger partial charge is 0.462 e. The molecular formula is C12H9BrF3NO2. The second-order valence-electron chi connectivity index (χ2n) is 3.48. The molecule has 3 nitrogen and oxygen atoms in total. The number of rotatable bonds is 3. The normalized spacial score (nSPS) is 10.9. The lowest BCUT2D eigenvalue weighted by Crippen LogP contribution is -2.16. The molecule has 0 bridgehead atoms. The summed E-state index contributed by atoms with van der Waals surface area (Å²) in [6.07, 6.45) is -4.71. The third-order valence-electron chi connectivity index (χ3n) is 2.35. The summed E-state index contributed by atoms with van der Waals surface area (Å²) in [6, 6.07) is 3.62. The first-order chi connectivity index (χ1) is 8.86. The predicted octanol–water partition coefficient (Wildman–Crippen LogP) is 3.65. The number of ether oxygens (including phenoxy) is 1. The van der Waals surface area contributed by atoms with Crippen molar-refractivity contribution in [2.75, 3.05) is 6.61 Å². The van der Waals surface area contributed by atoms with Crippen LogP contribution in [0.4, 0.5) is 13.2 Å². The van der Waals surface area contributed by atoms with Gasteiger partial charge in [0.25, 0.3) is 0 Å². The number of carbonyl (C=O) groups excluding carboxylic acids is 1. The zero-order valence-corrected chi connectivity index (χ0v) is 11.4. The summed E-state index contributed by atoms with van der Waals surface area (Å²) in [4.78, 5) is 11.6. The molecule has 1 aromatic carbocycles. The summed E-state index contributed by atoms with van der Waals surface area (Å²) in [7, 11) is 0. The number of nitriles is 1. The summed E-state index contributed by atoms with van der Waals surface area (Å²) in [6.45, 7) is 1.61. The van der Waals surface area contributed by atoms with Crippen molar-refractivity contribution in [3.05, 3.63) is 34.4 Å². The molecule has 0 spiro atoms. The van der Waals surface area contributed by atoms with Gasteiger partial charge in [0.15, 0.2) is 0 Å². The van der Waals surface area contributed by atoms with Crippen molar-refractivity contribution in [1.29, 1.82) is 5.26 Å². The van der Waals surface area contributed by atoms with Crippen LogP contribution in [-0.4, -0.2) is 12.6 Å². The Morgan fingerprint density at radius 3 is 2.53 bits per heavy atom. The summed E-state index contributed by atoms with van der Waals surface area (Å²) in [5.74, 6) is -0.841. The minimum absolute atomic E-state index is 0.0575. The van der Waals surface area contributed by atoms with Crippen molar-refractivity contribution in [1.82, 2.24) is 0 Å². The van der Waals surface area contributed by atoms with E-state index in [0.717, 1.165) is 6.07 Å². The average Bonchev–Trinajstić information content (AvgIpc) is 2.35. The van der Waals surface area contributed by atoms with Gasteiger partial charge < -0.3 is 4.74 Å². The molecule has 7 heteroatoms. The van der Waals surface area contributed by atoms with Gasteiger partial charge in [-0.3, -0.25) is 0 Å². The van der Waals surface area contributed by atoms with Crippen molar-refractivity contribution in [3.8, 4) is 6.07 Å². The fourth-order valence-electron chi connectivity index (χ4n) is 1.60. The van der Waals surface area contributed by atoms with Gasteiger partial charge in [-0.25, -0.2) is 4.79 Å². The highest BCUT2D eigenvalue weighted by Crippen LogP contribution is 2.37. The fraction of sp³-hybridized carbons (Fsp3) is 0.333. The van der Waals surface area contributed by atoms with Crippen LogP contribution in [0, 0.1) is 11.3 Å². The lowest BCUT2D eigenvalue weighted by atomic mass is 9.97. The van der Waals surface area contributed by atoms with Gasteiger partial charge in [-0.05, 0) is 24.6 Å². The van der Waals surface area contributed by atoms with Crippen molar-refractivity contribution >= 4 is 21.9 Å². The highest BCUT2D eigenvalue weighted by atomic mass is 79.9. The van der Waals surface area contributed by atoms with E-state index in [2.05, 4.69) is 15.9 Å². The highest BCUT2D eigenvalue weighted by Gasteiger charge is 2.38. The minimum Gasteiger partial charge on any atom is -0.462 e. The Morgan fingerprint density at radius 1 is 1.47 bits per heavy atom. The molecule has 0 unspecified atom stereocenters. The smallest absolute Gasteiger partial charge is 0.418 e. The summed E-state index contributed by atoms with van der Waals surface area (Å²) >= 11 is 2.92. The average molecular weight is 336 g/mol. The van der Waals surface area contributed by atoms with Crippen molar-refractivity contribution in [2.45, 2.75) is 18.4 Å². The first kappa shape index (κ1) is 15.5. The highest BCUT2D eigenvalue weighted by molar-refractivity contribution is 9.08. The fourth-order valence-corrected chi connectivity index (χ4v) is 2.19. The molecule has 0 aliphatic heterocycles. The second kappa shape index (κ2) is 6.06. The van der Waals surface area contributed by atoms with E-state index >= 15 is 0 Å². The van der Waals surface area contributed by atoms with E-state index in [4.69, 9.17) is 10.00 Å². The zero-order valence-electron chi connectivity index (χ0n) is 9.84. The molecule has 0 atom stereocenters. The molecular weight excluding hydrogens is 327 g/mol. The van der Waals surface area contributed by atoms with Crippen LogP contribution in [0.5, 0.6) is 0 Å². The minimum atomic E-state index is -4.71. The van der Waals surface area contributed by atoms with Crippen LogP contribution >= 0.6 is 15.9 Å². The summed E-state index contributed by atoms with van der Waals surface area (Å²) in [5.41, 5.74) is -2.09. The van der Waals surface area contributed by atoms with Gasteiger partial charge in [-0.1, -0.05) is 15.9 Å². The topological polar surface area (TPSA) is 50.1 Å². The Morgan fingerprint density at radius 2 is 2.11 bits per heavy atom. The van der Waals surface area contributed by atoms with E-state index in [9.17, 15) is 18.0 Å². The van der Waals surface area contributed by atoms with E-state index < -0.39 is 23.3 Å². The maximum absolute atomic E-state index is 13.0. The predicted molar refractivity (Wildman–Crippen MR) is 64.7 cm³/mol. The van der Waals surface area contributed by atoms with Crippen LogP contribution in [0.2, 0.25) is 0 Å². The maximum atomic E-state index is 13.0. The lowest BCUT2D eigenvalue weighted by molar-refractivity contribution is -0.138. The van der Waals surface area contributed by atoms with Gasteiger partial charge in [0.2, 0.25) is 0 Å². The SMILES string of the molecule is CCOC(=O)c1ccc(C#N)c(C(F)(F)F)c1CBr. The molecule has 102 valence electrons. The number of nitrogens with zero attached hydrogens (tertiary/aromatic N) is 1. The van der Waals surface area contributed by atoms with E-state index in [-0.39, 0.29) is 23.1 Å². The van der Waals surface area contributed by atoms with E-state index in [1.807, 2.05) is 0 Å². The van der Waals surface area contributed by atoms with Gasteiger partial charge in [-0.2, -0.15) is 18.4 Å². The van der Waals surface area contributed by atoms with E-state index in [1.165, 1.54) is 12.1 Å². The number of hydrogen-bond acceptors (Lipinski definition) is 3. The number of alkyl halides is 4. The van der Waals surface area contributed by atoms with Crippen LogP contribution < -0.4 is 0 Å². The van der Waals surface area contributed by atoms with Crippen molar-refractivity contribution in [2.24, 2.45) is 0 Å². The molecule has 0 aromatic heterocycles. The molecule has 0 aliphatic carbocycles. The molecule has 0 radical (unpaired) electrons. The quantitative estimate of drug-likeness (QED) is 0.625. The molecule has 1 aromatic rings. The molecule has 1 rings (SSSR count). The molecule has 0 saturated carbocycles. The first-order valence-electron chi connectivity index (χ1n) is 5.23. The number of hydrogen-bond donors (Lipinski definition) is 0. The van der Waals surface area contributed by atoms with Gasteiger partial charge in [0.1, 0.15) is 0 Å². The molecule has 0 heterocycles. The number of benzene rings is 1. The molecule has 19 heavy (non-hydrogen) atoms. The maximum Gasteiger partial charge on any atom is 0.418 e. The Balaban J connectivity index is 3.55. The van der Waals surface area contributed by atoms with Gasteiger partial charge in [0, 0.05) is 5.33 Å². The van der Waals surface area contributed by atoms with Gasteiger partial charge >= 0.3 is 12.1 Å². The summed E-state index contributed by atoms with van der Waals surface area (Å²) < 4.78 is 43.7. The van der Waals surface area contributed by atoms with Crippen molar-refractivity contribution < 1.29 is 22.7 Å². The van der Waals surface area contributed by atoms with Crippen LogP contribution in [0.25, 0.3) is 0 Å². The Hall–Kier alpha value is -1.55. The number of esters is 1. The zero-order chi connectivity index (χ0) is 14.6. The third-order valence-corrected chi connectivity index (χ3v) is 2.91. The van der Waals surface area contributed by atoms with E-state index in [1.54, 1.807) is 6.92 Å². The van der Waals surface area contributed by atoms with Crippen LogP contribution in [0.15, 0.2) is 12.1 Å². The number of carbonyl (C=O) groups is 1. The Labute approximate surface area is 116 Å². The summed E-state index contributed by atoms with van der Waals surface area (Å²) in [5, 5.41) is 8.55. The molecule has 0 amide bonds. The molecule has 0 aliphatic rings. The Bertz CT molecular complexity index is 535. The van der Waals surface area contributed by atoms with Crippen LogP contribution in [-0.2, 0) is 16.2 Å². The number of halogens is 4. The van der Waals surface area contributed by atoms with E-state index in [0.29, 0.717) is 0 Å².